The maximum atomic E-state index is 12.6. The number of benzene rings is 2. The van der Waals surface area contributed by atoms with Crippen molar-refractivity contribution >= 4 is 23.2 Å². The lowest BCUT2D eigenvalue weighted by Crippen LogP contribution is -2.36. The Kier molecular flexibility index (Phi) is 5.58. The van der Waals surface area contributed by atoms with Crippen molar-refractivity contribution in [3.63, 3.8) is 0 Å². The Bertz CT molecular complexity index is 641. The molecule has 0 aliphatic carbocycles. The molecule has 3 nitrogen and oxygen atoms in total. The monoisotopic (exact) mass is 316 g/mol. The minimum absolute atomic E-state index is 0.0974. The molecule has 0 aromatic heterocycles. The van der Waals surface area contributed by atoms with E-state index in [-0.39, 0.29) is 11.9 Å². The third-order valence-electron chi connectivity index (χ3n) is 3.33. The van der Waals surface area contributed by atoms with Crippen LogP contribution in [0.5, 0.6) is 0 Å². The van der Waals surface area contributed by atoms with Gasteiger partial charge < -0.3 is 5.32 Å². The van der Waals surface area contributed by atoms with Crippen LogP contribution in [0.25, 0.3) is 0 Å². The van der Waals surface area contributed by atoms with Gasteiger partial charge in [0.1, 0.15) is 6.04 Å². The van der Waals surface area contributed by atoms with Crippen molar-refractivity contribution in [1.29, 1.82) is 0 Å². The number of carbonyl (C=O) groups is 1. The van der Waals surface area contributed by atoms with Gasteiger partial charge in [0.15, 0.2) is 0 Å². The smallest absolute Gasteiger partial charge is 0.246 e. The summed E-state index contributed by atoms with van der Waals surface area (Å²) in [5, 5.41) is 6.87. The van der Waals surface area contributed by atoms with Gasteiger partial charge >= 0.3 is 0 Å². The van der Waals surface area contributed by atoms with E-state index in [1.807, 2.05) is 63.2 Å². The minimum atomic E-state index is -0.402. The number of rotatable bonds is 5. The second kappa shape index (κ2) is 7.43. The maximum absolute atomic E-state index is 12.6. The summed E-state index contributed by atoms with van der Waals surface area (Å²) in [5.74, 6) is -0.0974. The van der Waals surface area contributed by atoms with E-state index in [1.165, 1.54) is 0 Å². The molecule has 1 atom stereocenters. The van der Waals surface area contributed by atoms with E-state index in [2.05, 4.69) is 10.6 Å². The highest BCUT2D eigenvalue weighted by Crippen LogP contribution is 2.22. The summed E-state index contributed by atoms with van der Waals surface area (Å²) in [5.41, 5.74) is 2.62. The third kappa shape index (κ3) is 4.33. The van der Waals surface area contributed by atoms with Crippen molar-refractivity contribution in [3.8, 4) is 0 Å². The van der Waals surface area contributed by atoms with Gasteiger partial charge in [0, 0.05) is 16.8 Å². The van der Waals surface area contributed by atoms with Gasteiger partial charge in [-0.25, -0.2) is 0 Å². The first-order valence-corrected chi connectivity index (χ1v) is 7.73. The lowest BCUT2D eigenvalue weighted by atomic mass is 10.1. The molecular formula is C18H21ClN2O. The number of carbonyl (C=O) groups excluding carboxylic acids is 1. The van der Waals surface area contributed by atoms with Crippen LogP contribution in [-0.4, -0.2) is 11.9 Å². The predicted octanol–water partition coefficient (Wildman–Crippen LogP) is 4.33. The van der Waals surface area contributed by atoms with Crippen LogP contribution in [0.3, 0.4) is 0 Å². The molecule has 2 N–H and O–H groups in total. The summed E-state index contributed by atoms with van der Waals surface area (Å²) < 4.78 is 0. The van der Waals surface area contributed by atoms with Crippen LogP contribution in [0.2, 0.25) is 5.02 Å². The Morgan fingerprint density at radius 2 is 1.77 bits per heavy atom. The Morgan fingerprint density at radius 3 is 2.36 bits per heavy atom. The zero-order valence-electron chi connectivity index (χ0n) is 13.1. The molecule has 2 aromatic rings. The SMILES string of the molecule is Cc1ccc(NC(=O)[C@H](NC(C)C)c2ccccc2)cc1Cl. The second-order valence-corrected chi connectivity index (χ2v) is 6.03. The fourth-order valence-corrected chi connectivity index (χ4v) is 2.37. The first-order chi connectivity index (χ1) is 10.5. The molecule has 22 heavy (non-hydrogen) atoms. The predicted molar refractivity (Wildman–Crippen MR) is 92.3 cm³/mol. The van der Waals surface area contributed by atoms with Crippen molar-refractivity contribution in [2.75, 3.05) is 5.32 Å². The molecule has 0 aliphatic heterocycles. The van der Waals surface area contributed by atoms with Gasteiger partial charge in [-0.3, -0.25) is 10.1 Å². The van der Waals surface area contributed by atoms with E-state index < -0.39 is 6.04 Å². The molecule has 0 radical (unpaired) electrons. The summed E-state index contributed by atoms with van der Waals surface area (Å²) >= 11 is 6.11. The second-order valence-electron chi connectivity index (χ2n) is 5.62. The molecule has 2 rings (SSSR count). The summed E-state index contributed by atoms with van der Waals surface area (Å²) in [6.07, 6.45) is 0. The average molecular weight is 317 g/mol. The summed E-state index contributed by atoms with van der Waals surface area (Å²) in [4.78, 5) is 12.6. The standard InChI is InChI=1S/C18H21ClN2O/c1-12(2)20-17(14-7-5-4-6-8-14)18(22)21-15-10-9-13(3)16(19)11-15/h4-12,17,20H,1-3H3,(H,21,22)/t17-/m1/s1. The van der Waals surface area contributed by atoms with Gasteiger partial charge in [0.25, 0.3) is 0 Å². The van der Waals surface area contributed by atoms with Gasteiger partial charge in [-0.15, -0.1) is 0 Å². The van der Waals surface area contributed by atoms with Crippen LogP contribution < -0.4 is 10.6 Å². The minimum Gasteiger partial charge on any atom is -0.324 e. The number of nitrogens with one attached hydrogen (secondary N) is 2. The fourth-order valence-electron chi connectivity index (χ4n) is 2.19. The molecule has 0 saturated heterocycles. The molecule has 0 heterocycles. The van der Waals surface area contributed by atoms with Crippen LogP contribution >= 0.6 is 11.6 Å². The highest BCUT2D eigenvalue weighted by Gasteiger charge is 2.21. The van der Waals surface area contributed by atoms with Crippen LogP contribution in [0.1, 0.15) is 31.0 Å². The van der Waals surface area contributed by atoms with Crippen molar-refractivity contribution < 1.29 is 4.79 Å². The van der Waals surface area contributed by atoms with E-state index in [4.69, 9.17) is 11.6 Å². The number of anilines is 1. The Labute approximate surface area is 136 Å². The van der Waals surface area contributed by atoms with Gasteiger partial charge in [0.2, 0.25) is 5.91 Å². The molecule has 116 valence electrons. The third-order valence-corrected chi connectivity index (χ3v) is 3.74. The fraction of sp³-hybridized carbons (Fsp3) is 0.278. The molecule has 0 aliphatic rings. The molecule has 0 unspecified atom stereocenters. The van der Waals surface area contributed by atoms with E-state index in [1.54, 1.807) is 6.07 Å². The molecule has 0 spiro atoms. The molecule has 2 aromatic carbocycles. The zero-order chi connectivity index (χ0) is 16.1. The van der Waals surface area contributed by atoms with Gasteiger partial charge in [-0.05, 0) is 44.0 Å². The Hall–Kier alpha value is -1.84. The highest BCUT2D eigenvalue weighted by molar-refractivity contribution is 6.31. The largest absolute Gasteiger partial charge is 0.324 e. The van der Waals surface area contributed by atoms with Crippen molar-refractivity contribution in [2.24, 2.45) is 0 Å². The lowest BCUT2D eigenvalue weighted by molar-refractivity contribution is -0.118. The quantitative estimate of drug-likeness (QED) is 0.862. The first kappa shape index (κ1) is 16.5. The van der Waals surface area contributed by atoms with Gasteiger partial charge in [0.05, 0.1) is 0 Å². The van der Waals surface area contributed by atoms with Crippen molar-refractivity contribution in [2.45, 2.75) is 32.9 Å². The molecule has 0 fully saturated rings. The first-order valence-electron chi connectivity index (χ1n) is 7.35. The summed E-state index contributed by atoms with van der Waals surface area (Å²) in [6.45, 7) is 5.97. The average Bonchev–Trinajstić information content (AvgIpc) is 2.49. The maximum Gasteiger partial charge on any atom is 0.246 e. The van der Waals surface area contributed by atoms with Crippen LogP contribution in [0.15, 0.2) is 48.5 Å². The van der Waals surface area contributed by atoms with Gasteiger partial charge in [-0.2, -0.15) is 0 Å². The molecule has 4 heteroatoms. The number of amides is 1. The van der Waals surface area contributed by atoms with E-state index >= 15 is 0 Å². The Morgan fingerprint density at radius 1 is 1.09 bits per heavy atom. The lowest BCUT2D eigenvalue weighted by Gasteiger charge is -2.21. The topological polar surface area (TPSA) is 41.1 Å². The Balaban J connectivity index is 2.20. The normalized spacial score (nSPS) is 12.2. The molecule has 1 amide bonds. The molecular weight excluding hydrogens is 296 g/mol. The van der Waals surface area contributed by atoms with E-state index in [0.717, 1.165) is 11.1 Å². The number of aryl methyl sites for hydroxylation is 1. The highest BCUT2D eigenvalue weighted by atomic mass is 35.5. The van der Waals surface area contributed by atoms with Crippen LogP contribution in [0.4, 0.5) is 5.69 Å². The summed E-state index contributed by atoms with van der Waals surface area (Å²) in [7, 11) is 0. The van der Waals surface area contributed by atoms with Gasteiger partial charge in [-0.1, -0.05) is 48.0 Å². The van der Waals surface area contributed by atoms with Crippen molar-refractivity contribution in [1.82, 2.24) is 5.32 Å². The number of hydrogen-bond acceptors (Lipinski definition) is 2. The molecule has 0 saturated carbocycles. The number of halogens is 1. The zero-order valence-corrected chi connectivity index (χ0v) is 13.8. The molecule has 0 bridgehead atoms. The number of hydrogen-bond donors (Lipinski definition) is 2. The van der Waals surface area contributed by atoms with E-state index in [0.29, 0.717) is 10.7 Å². The summed E-state index contributed by atoms with van der Waals surface area (Å²) in [6, 6.07) is 15.0. The van der Waals surface area contributed by atoms with Crippen LogP contribution in [-0.2, 0) is 4.79 Å². The van der Waals surface area contributed by atoms with Crippen molar-refractivity contribution in [3.05, 3.63) is 64.7 Å². The van der Waals surface area contributed by atoms with Crippen LogP contribution in [0, 0.1) is 6.92 Å². The van der Waals surface area contributed by atoms with E-state index in [9.17, 15) is 4.79 Å².